The van der Waals surface area contributed by atoms with Gasteiger partial charge in [0.25, 0.3) is 5.91 Å². The number of carbonyl (C=O) groups is 1. The van der Waals surface area contributed by atoms with E-state index in [0.717, 1.165) is 11.3 Å². The highest BCUT2D eigenvalue weighted by Gasteiger charge is 2.13. The fourth-order valence-electron chi connectivity index (χ4n) is 1.43. The van der Waals surface area contributed by atoms with Crippen molar-refractivity contribution in [1.29, 1.82) is 0 Å². The first-order valence-electron chi connectivity index (χ1n) is 5.55. The van der Waals surface area contributed by atoms with Crippen LogP contribution in [0.4, 0.5) is 0 Å². The fourth-order valence-corrected chi connectivity index (χ4v) is 1.43. The van der Waals surface area contributed by atoms with Crippen molar-refractivity contribution in [1.82, 2.24) is 5.32 Å². The van der Waals surface area contributed by atoms with Gasteiger partial charge in [0, 0.05) is 17.6 Å². The zero-order valence-corrected chi connectivity index (χ0v) is 10.8. The number of aryl methyl sites for hydroxylation is 1. The standard InChI is InChI=1S/C13H20N2O2/c1-9-7-10(5-6-11(9)17-4)12(16)15-8-13(2,3)14/h5-7H,8,14H2,1-4H3,(H,15,16). The molecule has 94 valence electrons. The van der Waals surface area contributed by atoms with E-state index in [0.29, 0.717) is 12.1 Å². The van der Waals surface area contributed by atoms with E-state index < -0.39 is 5.54 Å². The average Bonchev–Trinajstić information content (AvgIpc) is 2.24. The topological polar surface area (TPSA) is 64.3 Å². The van der Waals surface area contributed by atoms with Crippen LogP contribution < -0.4 is 15.8 Å². The molecule has 0 fully saturated rings. The number of carbonyl (C=O) groups excluding carboxylic acids is 1. The fraction of sp³-hybridized carbons (Fsp3) is 0.462. The lowest BCUT2D eigenvalue weighted by Crippen LogP contribution is -2.45. The minimum atomic E-state index is -0.406. The molecule has 0 unspecified atom stereocenters. The molecule has 0 saturated carbocycles. The average molecular weight is 236 g/mol. The molecule has 0 aliphatic carbocycles. The van der Waals surface area contributed by atoms with Crippen LogP contribution in [0.3, 0.4) is 0 Å². The van der Waals surface area contributed by atoms with E-state index in [1.807, 2.05) is 20.8 Å². The summed E-state index contributed by atoms with van der Waals surface area (Å²) in [6.07, 6.45) is 0. The van der Waals surface area contributed by atoms with Crippen molar-refractivity contribution in [3.8, 4) is 5.75 Å². The SMILES string of the molecule is COc1ccc(C(=O)NCC(C)(C)N)cc1C. The quantitative estimate of drug-likeness (QED) is 0.832. The summed E-state index contributed by atoms with van der Waals surface area (Å²) in [6.45, 7) is 6.08. The molecule has 0 heterocycles. The highest BCUT2D eigenvalue weighted by molar-refractivity contribution is 5.94. The molecule has 0 bridgehead atoms. The predicted octanol–water partition coefficient (Wildman–Crippen LogP) is 1.47. The molecule has 0 aromatic heterocycles. The molecule has 1 aromatic carbocycles. The molecule has 0 aliphatic rings. The molecule has 1 amide bonds. The van der Waals surface area contributed by atoms with Crippen LogP contribution in [0.25, 0.3) is 0 Å². The van der Waals surface area contributed by atoms with Gasteiger partial charge in [-0.2, -0.15) is 0 Å². The van der Waals surface area contributed by atoms with Crippen molar-refractivity contribution in [2.45, 2.75) is 26.3 Å². The zero-order chi connectivity index (χ0) is 13.1. The van der Waals surface area contributed by atoms with E-state index in [1.54, 1.807) is 25.3 Å². The van der Waals surface area contributed by atoms with Crippen LogP contribution >= 0.6 is 0 Å². The Morgan fingerprint density at radius 1 is 1.47 bits per heavy atom. The molecule has 0 aliphatic heterocycles. The summed E-state index contributed by atoms with van der Waals surface area (Å²) in [6, 6.07) is 5.33. The number of amides is 1. The van der Waals surface area contributed by atoms with Gasteiger partial charge in [0.1, 0.15) is 5.75 Å². The van der Waals surface area contributed by atoms with Crippen molar-refractivity contribution in [3.05, 3.63) is 29.3 Å². The molecule has 0 atom stereocenters. The number of rotatable bonds is 4. The molecule has 0 saturated heterocycles. The van der Waals surface area contributed by atoms with Crippen LogP contribution in [0, 0.1) is 6.92 Å². The highest BCUT2D eigenvalue weighted by Crippen LogP contribution is 2.18. The van der Waals surface area contributed by atoms with Gasteiger partial charge in [-0.25, -0.2) is 0 Å². The third kappa shape index (κ3) is 4.07. The molecular formula is C13H20N2O2. The van der Waals surface area contributed by atoms with Crippen molar-refractivity contribution >= 4 is 5.91 Å². The van der Waals surface area contributed by atoms with Crippen molar-refractivity contribution in [2.75, 3.05) is 13.7 Å². The van der Waals surface area contributed by atoms with E-state index in [9.17, 15) is 4.79 Å². The number of nitrogens with two attached hydrogens (primary N) is 1. The third-order valence-electron chi connectivity index (χ3n) is 2.36. The third-order valence-corrected chi connectivity index (χ3v) is 2.36. The second kappa shape index (κ2) is 5.19. The first kappa shape index (κ1) is 13.5. The Balaban J connectivity index is 2.73. The van der Waals surface area contributed by atoms with Gasteiger partial charge in [-0.15, -0.1) is 0 Å². The molecule has 3 N–H and O–H groups in total. The van der Waals surface area contributed by atoms with E-state index in [-0.39, 0.29) is 5.91 Å². The molecule has 0 spiro atoms. The molecule has 4 nitrogen and oxygen atoms in total. The summed E-state index contributed by atoms with van der Waals surface area (Å²) < 4.78 is 5.14. The van der Waals surface area contributed by atoms with E-state index in [1.165, 1.54) is 0 Å². The van der Waals surface area contributed by atoms with Gasteiger partial charge in [-0.3, -0.25) is 4.79 Å². The van der Waals surface area contributed by atoms with Crippen LogP contribution in [-0.4, -0.2) is 25.1 Å². The van der Waals surface area contributed by atoms with Crippen LogP contribution in [0.1, 0.15) is 29.8 Å². The summed E-state index contributed by atoms with van der Waals surface area (Å²) in [5, 5.41) is 2.80. The Kier molecular flexibility index (Phi) is 4.12. The van der Waals surface area contributed by atoms with E-state index >= 15 is 0 Å². The maximum atomic E-state index is 11.8. The summed E-state index contributed by atoms with van der Waals surface area (Å²) in [5.41, 5.74) is 6.95. The first-order valence-corrected chi connectivity index (χ1v) is 5.55. The van der Waals surface area contributed by atoms with Gasteiger partial charge in [0.05, 0.1) is 7.11 Å². The molecule has 0 radical (unpaired) electrons. The number of ether oxygens (including phenoxy) is 1. The van der Waals surface area contributed by atoms with Gasteiger partial charge >= 0.3 is 0 Å². The monoisotopic (exact) mass is 236 g/mol. The number of hydrogen-bond donors (Lipinski definition) is 2. The Labute approximate surface area is 102 Å². The van der Waals surface area contributed by atoms with Gasteiger partial charge < -0.3 is 15.8 Å². The second-order valence-corrected chi connectivity index (χ2v) is 4.86. The number of methoxy groups -OCH3 is 1. The Bertz CT molecular complexity index is 408. The number of benzene rings is 1. The maximum Gasteiger partial charge on any atom is 0.251 e. The van der Waals surface area contributed by atoms with Crippen molar-refractivity contribution in [2.24, 2.45) is 5.73 Å². The second-order valence-electron chi connectivity index (χ2n) is 4.86. The Hall–Kier alpha value is -1.55. The molecule has 1 rings (SSSR count). The van der Waals surface area contributed by atoms with Crippen LogP contribution in [0.2, 0.25) is 0 Å². The molecule has 4 heteroatoms. The van der Waals surface area contributed by atoms with Gasteiger partial charge in [0.15, 0.2) is 0 Å². The summed E-state index contributed by atoms with van der Waals surface area (Å²) >= 11 is 0. The smallest absolute Gasteiger partial charge is 0.251 e. The lowest BCUT2D eigenvalue weighted by molar-refractivity contribution is 0.0946. The zero-order valence-electron chi connectivity index (χ0n) is 10.8. The van der Waals surface area contributed by atoms with Crippen molar-refractivity contribution < 1.29 is 9.53 Å². The first-order chi connectivity index (χ1) is 7.83. The summed E-state index contributed by atoms with van der Waals surface area (Å²) in [7, 11) is 1.61. The lowest BCUT2D eigenvalue weighted by atomic mass is 10.1. The summed E-state index contributed by atoms with van der Waals surface area (Å²) in [4.78, 5) is 11.8. The molecule has 1 aromatic rings. The minimum Gasteiger partial charge on any atom is -0.496 e. The number of nitrogens with one attached hydrogen (secondary N) is 1. The summed E-state index contributed by atoms with van der Waals surface area (Å²) in [5.74, 6) is 0.662. The largest absolute Gasteiger partial charge is 0.496 e. The number of hydrogen-bond acceptors (Lipinski definition) is 3. The maximum absolute atomic E-state index is 11.8. The van der Waals surface area contributed by atoms with Crippen LogP contribution in [0.5, 0.6) is 5.75 Å². The highest BCUT2D eigenvalue weighted by atomic mass is 16.5. The van der Waals surface area contributed by atoms with E-state index in [4.69, 9.17) is 10.5 Å². The Morgan fingerprint density at radius 3 is 2.59 bits per heavy atom. The predicted molar refractivity (Wildman–Crippen MR) is 68.3 cm³/mol. The molecule has 17 heavy (non-hydrogen) atoms. The van der Waals surface area contributed by atoms with Crippen LogP contribution in [-0.2, 0) is 0 Å². The Morgan fingerprint density at radius 2 is 2.12 bits per heavy atom. The van der Waals surface area contributed by atoms with Crippen molar-refractivity contribution in [3.63, 3.8) is 0 Å². The minimum absolute atomic E-state index is 0.116. The van der Waals surface area contributed by atoms with Crippen LogP contribution in [0.15, 0.2) is 18.2 Å². The normalized spacial score (nSPS) is 11.1. The molecular weight excluding hydrogens is 216 g/mol. The van der Waals surface area contributed by atoms with Gasteiger partial charge in [0.2, 0.25) is 0 Å². The van der Waals surface area contributed by atoms with Gasteiger partial charge in [-0.05, 0) is 44.5 Å². The van der Waals surface area contributed by atoms with E-state index in [2.05, 4.69) is 5.32 Å². The van der Waals surface area contributed by atoms with Gasteiger partial charge in [-0.1, -0.05) is 0 Å². The lowest BCUT2D eigenvalue weighted by Gasteiger charge is -2.19.